The van der Waals surface area contributed by atoms with E-state index in [-0.39, 0.29) is 5.60 Å². The summed E-state index contributed by atoms with van der Waals surface area (Å²) in [5, 5.41) is 0. The number of benzene rings is 2. The van der Waals surface area contributed by atoms with E-state index in [2.05, 4.69) is 35.8 Å². The van der Waals surface area contributed by atoms with Gasteiger partial charge in [0.2, 0.25) is 0 Å². The van der Waals surface area contributed by atoms with Crippen LogP contribution in [-0.2, 0) is 13.0 Å². The van der Waals surface area contributed by atoms with Crippen molar-refractivity contribution in [3.8, 4) is 11.5 Å². The zero-order chi connectivity index (χ0) is 15.0. The molecule has 3 rings (SSSR count). The van der Waals surface area contributed by atoms with Crippen LogP contribution in [0.2, 0.25) is 0 Å². The fraction of sp³-hybridized carbons (Fsp3) is 0.294. The minimum absolute atomic E-state index is 0.165. The van der Waals surface area contributed by atoms with Gasteiger partial charge < -0.3 is 15.2 Å². The van der Waals surface area contributed by atoms with Crippen LogP contribution in [0, 0.1) is 0 Å². The van der Waals surface area contributed by atoms with Gasteiger partial charge in [-0.05, 0) is 43.7 Å². The minimum Gasteiger partial charge on any atom is -0.485 e. The molecule has 0 unspecified atom stereocenters. The topological polar surface area (TPSA) is 44.5 Å². The van der Waals surface area contributed by atoms with E-state index in [9.17, 15) is 0 Å². The Balaban J connectivity index is 1.79. The van der Waals surface area contributed by atoms with Crippen molar-refractivity contribution < 1.29 is 9.47 Å². The molecule has 0 saturated carbocycles. The van der Waals surface area contributed by atoms with Crippen LogP contribution in [0.25, 0.3) is 0 Å². The molecule has 2 aromatic carbocycles. The monoisotopic (exact) mass is 347 g/mol. The molecule has 0 fully saturated rings. The minimum atomic E-state index is -0.165. The van der Waals surface area contributed by atoms with Crippen LogP contribution in [0.5, 0.6) is 11.5 Å². The maximum Gasteiger partial charge on any atom is 0.165 e. The second kappa shape index (κ2) is 5.26. The number of nitrogens with two attached hydrogens (primary N) is 1. The predicted octanol–water partition coefficient (Wildman–Crippen LogP) is 4.32. The quantitative estimate of drug-likeness (QED) is 0.840. The van der Waals surface area contributed by atoms with Gasteiger partial charge in [-0.25, -0.2) is 0 Å². The van der Waals surface area contributed by atoms with Crippen molar-refractivity contribution in [2.24, 2.45) is 0 Å². The first-order valence-corrected chi connectivity index (χ1v) is 7.71. The van der Waals surface area contributed by atoms with Crippen molar-refractivity contribution in [3.05, 3.63) is 52.0 Å². The molecular weight excluding hydrogens is 330 g/mol. The molecule has 0 amide bonds. The van der Waals surface area contributed by atoms with E-state index in [4.69, 9.17) is 15.2 Å². The molecule has 2 aromatic rings. The fourth-order valence-corrected chi connectivity index (χ4v) is 3.18. The van der Waals surface area contributed by atoms with Gasteiger partial charge in [0.25, 0.3) is 0 Å². The molecule has 0 radical (unpaired) electrons. The molecule has 1 aliphatic heterocycles. The molecule has 1 aliphatic rings. The van der Waals surface area contributed by atoms with Crippen LogP contribution in [-0.4, -0.2) is 5.60 Å². The van der Waals surface area contributed by atoms with Crippen LogP contribution >= 0.6 is 15.9 Å². The number of anilines is 1. The third-order valence-corrected chi connectivity index (χ3v) is 3.89. The Morgan fingerprint density at radius 2 is 2.10 bits per heavy atom. The Kier molecular flexibility index (Phi) is 3.57. The average molecular weight is 348 g/mol. The normalized spacial score (nSPS) is 15.4. The number of hydrogen-bond acceptors (Lipinski definition) is 3. The summed E-state index contributed by atoms with van der Waals surface area (Å²) >= 11 is 3.44. The van der Waals surface area contributed by atoms with Crippen molar-refractivity contribution in [1.29, 1.82) is 0 Å². The van der Waals surface area contributed by atoms with Crippen LogP contribution in [0.1, 0.15) is 25.0 Å². The first kappa shape index (κ1) is 14.3. The summed E-state index contributed by atoms with van der Waals surface area (Å²) in [6.07, 6.45) is 0.906. The van der Waals surface area contributed by atoms with Crippen LogP contribution in [0.4, 0.5) is 5.69 Å². The van der Waals surface area contributed by atoms with Gasteiger partial charge in [-0.1, -0.05) is 28.1 Å². The Morgan fingerprint density at radius 1 is 1.29 bits per heavy atom. The second-order valence-electron chi connectivity index (χ2n) is 5.96. The zero-order valence-electron chi connectivity index (χ0n) is 12.2. The third kappa shape index (κ3) is 3.16. The lowest BCUT2D eigenvalue weighted by molar-refractivity contribution is 0.131. The lowest BCUT2D eigenvalue weighted by Crippen LogP contribution is -2.24. The second-order valence-corrected chi connectivity index (χ2v) is 6.88. The molecular formula is C17H18BrNO2. The van der Waals surface area contributed by atoms with Crippen LogP contribution < -0.4 is 15.2 Å². The van der Waals surface area contributed by atoms with E-state index in [1.165, 1.54) is 5.56 Å². The lowest BCUT2D eigenvalue weighted by atomic mass is 10.0. The molecule has 110 valence electrons. The highest BCUT2D eigenvalue weighted by molar-refractivity contribution is 9.10. The van der Waals surface area contributed by atoms with Gasteiger partial charge in [-0.2, -0.15) is 0 Å². The van der Waals surface area contributed by atoms with Gasteiger partial charge in [0.15, 0.2) is 11.5 Å². The van der Waals surface area contributed by atoms with E-state index in [1.807, 2.05) is 30.3 Å². The highest BCUT2D eigenvalue weighted by atomic mass is 79.9. The smallest absolute Gasteiger partial charge is 0.165 e. The molecule has 0 saturated heterocycles. The molecule has 1 heterocycles. The SMILES string of the molecule is CC1(C)Cc2cccc(OCc3cc(N)cc(Br)c3)c2O1. The van der Waals surface area contributed by atoms with E-state index in [0.29, 0.717) is 6.61 Å². The van der Waals surface area contributed by atoms with Crippen LogP contribution in [0.3, 0.4) is 0 Å². The van der Waals surface area contributed by atoms with Crippen molar-refractivity contribution in [2.75, 3.05) is 5.73 Å². The Labute approximate surface area is 133 Å². The van der Waals surface area contributed by atoms with Gasteiger partial charge in [0.1, 0.15) is 12.2 Å². The lowest BCUT2D eigenvalue weighted by Gasteiger charge is -2.18. The number of rotatable bonds is 3. The van der Waals surface area contributed by atoms with Crippen molar-refractivity contribution in [3.63, 3.8) is 0 Å². The number of fused-ring (bicyclic) bond motifs is 1. The number of hydrogen-bond donors (Lipinski definition) is 1. The van der Waals surface area contributed by atoms with E-state index >= 15 is 0 Å². The van der Waals surface area contributed by atoms with Gasteiger partial charge in [-0.3, -0.25) is 0 Å². The Bertz CT molecular complexity index is 662. The molecule has 21 heavy (non-hydrogen) atoms. The molecule has 0 aromatic heterocycles. The molecule has 3 nitrogen and oxygen atoms in total. The summed E-state index contributed by atoms with van der Waals surface area (Å²) < 4.78 is 12.9. The highest BCUT2D eigenvalue weighted by Gasteiger charge is 2.32. The molecule has 0 spiro atoms. The molecule has 4 heteroatoms. The molecule has 2 N–H and O–H groups in total. The van der Waals surface area contributed by atoms with Gasteiger partial charge in [0, 0.05) is 22.1 Å². The number of nitrogen functional groups attached to an aromatic ring is 1. The zero-order valence-corrected chi connectivity index (χ0v) is 13.7. The summed E-state index contributed by atoms with van der Waals surface area (Å²) in [4.78, 5) is 0. The summed E-state index contributed by atoms with van der Waals surface area (Å²) in [6.45, 7) is 4.64. The first-order valence-electron chi connectivity index (χ1n) is 6.92. The highest BCUT2D eigenvalue weighted by Crippen LogP contribution is 2.42. The summed E-state index contributed by atoms with van der Waals surface area (Å²) in [7, 11) is 0. The summed E-state index contributed by atoms with van der Waals surface area (Å²) in [5.74, 6) is 1.65. The first-order chi connectivity index (χ1) is 9.93. The predicted molar refractivity (Wildman–Crippen MR) is 87.7 cm³/mol. The maximum atomic E-state index is 6.00. The standard InChI is InChI=1S/C17H18BrNO2/c1-17(2)9-12-4-3-5-15(16(12)21-17)20-10-11-6-13(18)8-14(19)7-11/h3-8H,9-10,19H2,1-2H3. The summed E-state index contributed by atoms with van der Waals surface area (Å²) in [6, 6.07) is 11.8. The Hall–Kier alpha value is -1.68. The van der Waals surface area contributed by atoms with Gasteiger partial charge in [-0.15, -0.1) is 0 Å². The molecule has 0 aliphatic carbocycles. The number of ether oxygens (including phenoxy) is 2. The maximum absolute atomic E-state index is 6.00. The molecule has 0 bridgehead atoms. The van der Waals surface area contributed by atoms with Crippen molar-refractivity contribution in [1.82, 2.24) is 0 Å². The number of para-hydroxylation sites is 1. The molecule has 0 atom stereocenters. The van der Waals surface area contributed by atoms with E-state index in [0.717, 1.165) is 33.6 Å². The fourth-order valence-electron chi connectivity index (χ4n) is 2.62. The van der Waals surface area contributed by atoms with Crippen molar-refractivity contribution in [2.45, 2.75) is 32.5 Å². The third-order valence-electron chi connectivity index (χ3n) is 3.43. The van der Waals surface area contributed by atoms with Gasteiger partial charge >= 0.3 is 0 Å². The summed E-state index contributed by atoms with van der Waals surface area (Å²) in [5.41, 5.74) is 8.63. The largest absolute Gasteiger partial charge is 0.485 e. The average Bonchev–Trinajstić information content (AvgIpc) is 2.69. The van der Waals surface area contributed by atoms with E-state index in [1.54, 1.807) is 0 Å². The van der Waals surface area contributed by atoms with Gasteiger partial charge in [0.05, 0.1) is 0 Å². The van der Waals surface area contributed by atoms with E-state index < -0.39 is 0 Å². The number of halogens is 1. The van der Waals surface area contributed by atoms with Crippen molar-refractivity contribution >= 4 is 21.6 Å². The Morgan fingerprint density at radius 3 is 2.86 bits per heavy atom. The van der Waals surface area contributed by atoms with Crippen LogP contribution in [0.15, 0.2) is 40.9 Å².